The Labute approximate surface area is 199 Å². The summed E-state index contributed by atoms with van der Waals surface area (Å²) in [7, 11) is 0. The molecule has 0 amide bonds. The van der Waals surface area contributed by atoms with E-state index in [1.807, 2.05) is 61.5 Å². The number of anilines is 2. The SMILES string of the molecule is Cc1ccc(Cn2c(=O)nc(Nc3cccc(C(F)(F)F)c3)n(CCc3ccccc3)c2=O)cc1. The third-order valence-corrected chi connectivity index (χ3v) is 5.52. The van der Waals surface area contributed by atoms with Gasteiger partial charge in [-0.25, -0.2) is 14.2 Å². The molecule has 0 aliphatic carbocycles. The van der Waals surface area contributed by atoms with Crippen LogP contribution in [0.3, 0.4) is 0 Å². The van der Waals surface area contributed by atoms with E-state index in [1.165, 1.54) is 16.7 Å². The molecule has 0 bridgehead atoms. The minimum absolute atomic E-state index is 0.0279. The summed E-state index contributed by atoms with van der Waals surface area (Å²) >= 11 is 0. The molecule has 0 spiro atoms. The van der Waals surface area contributed by atoms with E-state index >= 15 is 0 Å². The van der Waals surface area contributed by atoms with Crippen molar-refractivity contribution in [2.24, 2.45) is 0 Å². The van der Waals surface area contributed by atoms with E-state index in [4.69, 9.17) is 0 Å². The molecule has 35 heavy (non-hydrogen) atoms. The monoisotopic (exact) mass is 480 g/mol. The van der Waals surface area contributed by atoms with E-state index in [0.717, 1.165) is 33.4 Å². The van der Waals surface area contributed by atoms with Crippen molar-refractivity contribution >= 4 is 11.6 Å². The van der Waals surface area contributed by atoms with Gasteiger partial charge in [0.1, 0.15) is 0 Å². The van der Waals surface area contributed by atoms with Crippen molar-refractivity contribution in [3.8, 4) is 0 Å². The highest BCUT2D eigenvalue weighted by molar-refractivity contribution is 5.54. The molecule has 0 unspecified atom stereocenters. The van der Waals surface area contributed by atoms with Crippen LogP contribution in [-0.4, -0.2) is 14.1 Å². The zero-order chi connectivity index (χ0) is 25.0. The van der Waals surface area contributed by atoms with E-state index < -0.39 is 23.1 Å². The number of hydrogen-bond acceptors (Lipinski definition) is 4. The number of hydrogen-bond donors (Lipinski definition) is 1. The minimum Gasteiger partial charge on any atom is -0.325 e. The molecule has 0 fully saturated rings. The van der Waals surface area contributed by atoms with Gasteiger partial charge in [0.05, 0.1) is 12.1 Å². The molecule has 1 aromatic heterocycles. The fourth-order valence-electron chi connectivity index (χ4n) is 3.63. The smallest absolute Gasteiger partial charge is 0.325 e. The van der Waals surface area contributed by atoms with E-state index in [-0.39, 0.29) is 24.7 Å². The van der Waals surface area contributed by atoms with E-state index in [0.29, 0.717) is 6.42 Å². The van der Waals surface area contributed by atoms with Crippen LogP contribution in [0.5, 0.6) is 0 Å². The second kappa shape index (κ2) is 10.0. The Hall–Kier alpha value is -4.14. The number of aryl methyl sites for hydroxylation is 2. The zero-order valence-corrected chi connectivity index (χ0v) is 18.9. The number of alkyl halides is 3. The number of rotatable bonds is 7. The van der Waals surface area contributed by atoms with Gasteiger partial charge in [0, 0.05) is 12.2 Å². The van der Waals surface area contributed by atoms with Crippen LogP contribution in [0.1, 0.15) is 22.3 Å². The summed E-state index contributed by atoms with van der Waals surface area (Å²) in [5.74, 6) is -0.115. The standard InChI is InChI=1S/C26H23F3N4O2/c1-18-10-12-20(13-11-18)17-33-24(34)31-23(30-22-9-5-8-21(16-22)26(27,28)29)32(25(33)35)15-14-19-6-3-2-4-7-19/h2-13,16H,14-15,17H2,1H3,(H,30,31,34). The molecule has 0 radical (unpaired) electrons. The van der Waals surface area contributed by atoms with Crippen LogP contribution in [0, 0.1) is 6.92 Å². The van der Waals surface area contributed by atoms with E-state index in [9.17, 15) is 22.8 Å². The van der Waals surface area contributed by atoms with E-state index in [1.54, 1.807) is 0 Å². The molecule has 0 atom stereocenters. The summed E-state index contributed by atoms with van der Waals surface area (Å²) in [5.41, 5.74) is 0.576. The van der Waals surface area contributed by atoms with Crippen LogP contribution in [0.2, 0.25) is 0 Å². The molecule has 0 saturated carbocycles. The summed E-state index contributed by atoms with van der Waals surface area (Å²) in [6.45, 7) is 2.13. The van der Waals surface area contributed by atoms with Crippen LogP contribution in [0.25, 0.3) is 0 Å². The summed E-state index contributed by atoms with van der Waals surface area (Å²) in [5, 5.41) is 2.74. The quantitative estimate of drug-likeness (QED) is 0.414. The lowest BCUT2D eigenvalue weighted by Gasteiger charge is -2.16. The Morgan fingerprint density at radius 2 is 1.57 bits per heavy atom. The van der Waals surface area contributed by atoms with Crippen LogP contribution in [0.15, 0.2) is 88.5 Å². The predicted octanol–water partition coefficient (Wildman–Crippen LogP) is 4.77. The highest BCUT2D eigenvalue weighted by Crippen LogP contribution is 2.31. The van der Waals surface area contributed by atoms with Gasteiger partial charge in [0.15, 0.2) is 0 Å². The van der Waals surface area contributed by atoms with Gasteiger partial charge in [0.2, 0.25) is 5.95 Å². The van der Waals surface area contributed by atoms with Gasteiger partial charge in [-0.05, 0) is 42.7 Å². The maximum absolute atomic E-state index is 13.4. The number of aromatic nitrogens is 3. The van der Waals surface area contributed by atoms with Crippen molar-refractivity contribution in [3.63, 3.8) is 0 Å². The summed E-state index contributed by atoms with van der Waals surface area (Å²) in [4.78, 5) is 30.2. The van der Waals surface area contributed by atoms with Gasteiger partial charge in [-0.2, -0.15) is 18.2 Å². The highest BCUT2D eigenvalue weighted by atomic mass is 19.4. The van der Waals surface area contributed by atoms with E-state index in [2.05, 4.69) is 10.3 Å². The number of halogens is 3. The Bertz CT molecular complexity index is 1430. The molecular weight excluding hydrogens is 457 g/mol. The first kappa shape index (κ1) is 24.0. The highest BCUT2D eigenvalue weighted by Gasteiger charge is 2.30. The summed E-state index contributed by atoms with van der Waals surface area (Å²) < 4.78 is 41.8. The van der Waals surface area contributed by atoms with Crippen LogP contribution in [-0.2, 0) is 25.7 Å². The van der Waals surface area contributed by atoms with Crippen molar-refractivity contribution in [3.05, 3.63) is 122 Å². The molecule has 1 heterocycles. The van der Waals surface area contributed by atoms with Crippen LogP contribution >= 0.6 is 0 Å². The summed E-state index contributed by atoms with van der Waals surface area (Å²) in [6.07, 6.45) is -4.07. The third-order valence-electron chi connectivity index (χ3n) is 5.52. The van der Waals surface area contributed by atoms with Crippen LogP contribution < -0.4 is 16.7 Å². The van der Waals surface area contributed by atoms with Gasteiger partial charge in [-0.1, -0.05) is 66.2 Å². The Balaban J connectivity index is 1.73. The average molecular weight is 480 g/mol. The maximum atomic E-state index is 13.4. The molecule has 6 nitrogen and oxygen atoms in total. The van der Waals surface area contributed by atoms with Crippen molar-refractivity contribution in [1.29, 1.82) is 0 Å². The molecule has 0 saturated heterocycles. The first-order valence-corrected chi connectivity index (χ1v) is 11.0. The molecule has 4 aromatic rings. The number of nitrogens with one attached hydrogen (secondary N) is 1. The molecule has 0 aliphatic rings. The third kappa shape index (κ3) is 5.87. The lowest BCUT2D eigenvalue weighted by molar-refractivity contribution is -0.137. The largest absolute Gasteiger partial charge is 0.416 e. The molecule has 180 valence electrons. The first-order chi connectivity index (χ1) is 16.7. The van der Waals surface area contributed by atoms with Gasteiger partial charge in [-0.15, -0.1) is 0 Å². The number of nitrogens with zero attached hydrogens (tertiary/aromatic N) is 3. The molecule has 9 heteroatoms. The molecule has 4 rings (SSSR count). The maximum Gasteiger partial charge on any atom is 0.416 e. The summed E-state index contributed by atoms with van der Waals surface area (Å²) in [6, 6.07) is 21.3. The fourth-order valence-corrected chi connectivity index (χ4v) is 3.63. The van der Waals surface area contributed by atoms with Crippen molar-refractivity contribution in [2.45, 2.75) is 32.6 Å². The zero-order valence-electron chi connectivity index (χ0n) is 18.9. The normalized spacial score (nSPS) is 11.4. The lowest BCUT2D eigenvalue weighted by atomic mass is 10.1. The van der Waals surface area contributed by atoms with Gasteiger partial charge in [-0.3, -0.25) is 4.57 Å². The van der Waals surface area contributed by atoms with Crippen molar-refractivity contribution in [2.75, 3.05) is 5.32 Å². The second-order valence-corrected chi connectivity index (χ2v) is 8.16. The molecule has 1 N–H and O–H groups in total. The number of benzene rings is 3. The Morgan fingerprint density at radius 3 is 2.26 bits per heavy atom. The van der Waals surface area contributed by atoms with Crippen molar-refractivity contribution in [1.82, 2.24) is 14.1 Å². The lowest BCUT2D eigenvalue weighted by Crippen LogP contribution is -2.43. The van der Waals surface area contributed by atoms with Crippen molar-refractivity contribution < 1.29 is 13.2 Å². The topological polar surface area (TPSA) is 68.9 Å². The molecule has 0 aliphatic heterocycles. The van der Waals surface area contributed by atoms with Gasteiger partial charge >= 0.3 is 17.6 Å². The Morgan fingerprint density at radius 1 is 0.857 bits per heavy atom. The first-order valence-electron chi connectivity index (χ1n) is 11.0. The second-order valence-electron chi connectivity index (χ2n) is 8.16. The predicted molar refractivity (Wildman–Crippen MR) is 128 cm³/mol. The van der Waals surface area contributed by atoms with Gasteiger partial charge in [0.25, 0.3) is 0 Å². The van der Waals surface area contributed by atoms with Gasteiger partial charge < -0.3 is 5.32 Å². The Kier molecular flexibility index (Phi) is 6.86. The fraction of sp³-hybridized carbons (Fsp3) is 0.192. The minimum atomic E-state index is -4.53. The molecule has 3 aromatic carbocycles. The molecular formula is C26H23F3N4O2. The average Bonchev–Trinajstić information content (AvgIpc) is 2.83. The van der Waals surface area contributed by atoms with Crippen LogP contribution in [0.4, 0.5) is 24.8 Å².